The van der Waals surface area contributed by atoms with Crippen LogP contribution in [-0.4, -0.2) is 32.3 Å². The predicted octanol–water partition coefficient (Wildman–Crippen LogP) is 5.81. The van der Waals surface area contributed by atoms with E-state index in [0.717, 1.165) is 25.5 Å². The second-order valence-electron chi connectivity index (χ2n) is 7.71. The van der Waals surface area contributed by atoms with E-state index in [0.29, 0.717) is 12.1 Å². The van der Waals surface area contributed by atoms with Gasteiger partial charge in [0.2, 0.25) is 15.9 Å². The van der Waals surface area contributed by atoms with Crippen LogP contribution in [0.2, 0.25) is 5.02 Å². The number of halogens is 2. The molecule has 1 amide bonds. The van der Waals surface area contributed by atoms with Crippen LogP contribution in [0.1, 0.15) is 23.6 Å². The first-order valence-electron chi connectivity index (χ1n) is 10.6. The quantitative estimate of drug-likeness (QED) is 0.355. The Balaban J connectivity index is 1.98. The molecule has 0 atom stereocenters. The van der Waals surface area contributed by atoms with E-state index in [1.54, 1.807) is 6.07 Å². The zero-order valence-corrected chi connectivity index (χ0v) is 22.3. The normalized spacial score (nSPS) is 11.5. The summed E-state index contributed by atoms with van der Waals surface area (Å²) >= 11 is 9.58. The molecule has 0 aliphatic rings. The highest BCUT2D eigenvalue weighted by molar-refractivity contribution is 9.10. The van der Waals surface area contributed by atoms with Crippen molar-refractivity contribution in [1.29, 1.82) is 0 Å². The summed E-state index contributed by atoms with van der Waals surface area (Å²) in [6.45, 7) is 3.51. The summed E-state index contributed by atoms with van der Waals surface area (Å²) in [5, 5.41) is 3.17. The molecule has 0 spiro atoms. The Kier molecular flexibility index (Phi) is 8.76. The van der Waals surface area contributed by atoms with E-state index in [1.807, 2.05) is 56.3 Å². The number of carbonyl (C=O) groups is 1. The average Bonchev–Trinajstić information content (AvgIpc) is 2.80. The van der Waals surface area contributed by atoms with E-state index < -0.39 is 15.9 Å². The fourth-order valence-electron chi connectivity index (χ4n) is 3.61. The number of benzene rings is 3. The third-order valence-electron chi connectivity index (χ3n) is 5.29. The minimum atomic E-state index is -4.13. The first-order chi connectivity index (χ1) is 16.1. The summed E-state index contributed by atoms with van der Waals surface area (Å²) in [5.74, 6) is -0.291. The Morgan fingerprint density at radius 3 is 2.47 bits per heavy atom. The zero-order chi connectivity index (χ0) is 24.9. The molecule has 0 radical (unpaired) electrons. The van der Waals surface area contributed by atoms with Crippen LogP contribution < -0.4 is 10.1 Å². The molecule has 0 bridgehead atoms. The van der Waals surface area contributed by atoms with Crippen LogP contribution in [0.4, 0.5) is 5.69 Å². The number of hydrogen-bond donors (Lipinski definition) is 1. The van der Waals surface area contributed by atoms with Crippen molar-refractivity contribution in [3.8, 4) is 5.75 Å². The number of ether oxygens (including phenoxy) is 1. The maximum absolute atomic E-state index is 13.7. The Morgan fingerprint density at radius 2 is 1.82 bits per heavy atom. The summed E-state index contributed by atoms with van der Waals surface area (Å²) in [4.78, 5) is 13.0. The second-order valence-corrected chi connectivity index (χ2v) is 11.0. The summed E-state index contributed by atoms with van der Waals surface area (Å²) < 4.78 is 34.7. The van der Waals surface area contributed by atoms with Gasteiger partial charge in [-0.2, -0.15) is 4.31 Å². The Labute approximate surface area is 214 Å². The van der Waals surface area contributed by atoms with Gasteiger partial charge in [0.15, 0.2) is 0 Å². The lowest BCUT2D eigenvalue weighted by Gasteiger charge is -2.24. The van der Waals surface area contributed by atoms with Gasteiger partial charge >= 0.3 is 0 Å². The van der Waals surface area contributed by atoms with E-state index in [2.05, 4.69) is 21.2 Å². The Bertz CT molecular complexity index is 1280. The number of carbonyl (C=O) groups excluding carboxylic acids is 1. The van der Waals surface area contributed by atoms with Crippen molar-refractivity contribution in [2.24, 2.45) is 0 Å². The SMILES string of the molecule is CCc1cc(Br)cc(C)c1NC(=O)CN(Cc1ccccc1)S(=O)(=O)c1cc(Cl)ccc1OC. The topological polar surface area (TPSA) is 75.7 Å². The summed E-state index contributed by atoms with van der Waals surface area (Å²) in [7, 11) is -2.74. The van der Waals surface area contributed by atoms with Crippen molar-refractivity contribution in [3.63, 3.8) is 0 Å². The zero-order valence-electron chi connectivity index (χ0n) is 19.1. The molecule has 0 saturated carbocycles. The largest absolute Gasteiger partial charge is 0.495 e. The van der Waals surface area contributed by atoms with Gasteiger partial charge in [0, 0.05) is 21.7 Å². The third kappa shape index (κ3) is 6.18. The van der Waals surface area contributed by atoms with Crippen molar-refractivity contribution >= 4 is 49.1 Å². The molecule has 6 nitrogen and oxygen atoms in total. The Morgan fingerprint density at radius 1 is 1.12 bits per heavy atom. The van der Waals surface area contributed by atoms with Gasteiger partial charge in [-0.15, -0.1) is 0 Å². The molecule has 0 saturated heterocycles. The van der Waals surface area contributed by atoms with Crippen LogP contribution in [0.15, 0.2) is 70.0 Å². The lowest BCUT2D eigenvalue weighted by Crippen LogP contribution is -2.38. The smallest absolute Gasteiger partial charge is 0.247 e. The molecule has 180 valence electrons. The molecular formula is C25H26BrClN2O4S. The molecule has 34 heavy (non-hydrogen) atoms. The molecule has 3 aromatic rings. The standard InChI is InChI=1S/C25H26BrClN2O4S/c1-4-19-13-20(26)12-17(2)25(19)28-24(30)16-29(15-18-8-6-5-7-9-18)34(31,32)23-14-21(27)10-11-22(23)33-3/h5-14H,4,15-16H2,1-3H3,(H,28,30). The molecule has 0 fully saturated rings. The van der Waals surface area contributed by atoms with Gasteiger partial charge in [-0.3, -0.25) is 4.79 Å². The number of nitrogens with one attached hydrogen (secondary N) is 1. The molecule has 0 aliphatic carbocycles. The van der Waals surface area contributed by atoms with Gasteiger partial charge < -0.3 is 10.1 Å². The minimum Gasteiger partial charge on any atom is -0.495 e. The summed E-state index contributed by atoms with van der Waals surface area (Å²) in [6, 6.07) is 17.3. The van der Waals surface area contributed by atoms with Gasteiger partial charge in [0.05, 0.1) is 13.7 Å². The van der Waals surface area contributed by atoms with Gasteiger partial charge in [0.1, 0.15) is 10.6 Å². The van der Waals surface area contributed by atoms with Crippen molar-refractivity contribution in [3.05, 3.63) is 86.8 Å². The molecule has 0 heterocycles. The molecule has 0 aliphatic heterocycles. The summed E-state index contributed by atoms with van der Waals surface area (Å²) in [5.41, 5.74) is 3.27. The average molecular weight is 566 g/mol. The number of hydrogen-bond acceptors (Lipinski definition) is 4. The molecular weight excluding hydrogens is 540 g/mol. The van der Waals surface area contributed by atoms with Crippen LogP contribution >= 0.6 is 27.5 Å². The van der Waals surface area contributed by atoms with Crippen molar-refractivity contribution in [2.75, 3.05) is 19.0 Å². The molecule has 3 aromatic carbocycles. The second kappa shape index (κ2) is 11.4. The number of rotatable bonds is 9. The maximum Gasteiger partial charge on any atom is 0.247 e. The molecule has 9 heteroatoms. The Hall–Kier alpha value is -2.39. The van der Waals surface area contributed by atoms with E-state index in [1.165, 1.54) is 19.2 Å². The van der Waals surface area contributed by atoms with Crippen LogP contribution in [0.3, 0.4) is 0 Å². The number of sulfonamides is 1. The van der Waals surface area contributed by atoms with Crippen LogP contribution in [0.5, 0.6) is 5.75 Å². The predicted molar refractivity (Wildman–Crippen MR) is 139 cm³/mol. The van der Waals surface area contributed by atoms with Crippen LogP contribution in [0, 0.1) is 6.92 Å². The lowest BCUT2D eigenvalue weighted by molar-refractivity contribution is -0.116. The first-order valence-corrected chi connectivity index (χ1v) is 13.2. The van der Waals surface area contributed by atoms with E-state index in [9.17, 15) is 13.2 Å². The van der Waals surface area contributed by atoms with E-state index >= 15 is 0 Å². The lowest BCUT2D eigenvalue weighted by atomic mass is 10.1. The minimum absolute atomic E-state index is 0.00617. The van der Waals surface area contributed by atoms with Crippen molar-refractivity contribution in [2.45, 2.75) is 31.7 Å². The highest BCUT2D eigenvalue weighted by Gasteiger charge is 2.30. The number of aryl methyl sites for hydroxylation is 2. The molecule has 0 unspecified atom stereocenters. The number of amides is 1. The van der Waals surface area contributed by atoms with Crippen molar-refractivity contribution < 1.29 is 17.9 Å². The van der Waals surface area contributed by atoms with E-state index in [-0.39, 0.29) is 28.8 Å². The van der Waals surface area contributed by atoms with Gasteiger partial charge in [-0.1, -0.05) is 64.8 Å². The number of nitrogens with zero attached hydrogens (tertiary/aromatic N) is 1. The third-order valence-corrected chi connectivity index (χ3v) is 7.80. The molecule has 0 aromatic heterocycles. The molecule has 1 N–H and O–H groups in total. The van der Waals surface area contributed by atoms with Gasteiger partial charge in [-0.05, 0) is 60.4 Å². The van der Waals surface area contributed by atoms with Crippen LogP contribution in [-0.2, 0) is 27.8 Å². The van der Waals surface area contributed by atoms with Gasteiger partial charge in [-0.25, -0.2) is 8.42 Å². The van der Waals surface area contributed by atoms with E-state index in [4.69, 9.17) is 16.3 Å². The summed E-state index contributed by atoms with van der Waals surface area (Å²) in [6.07, 6.45) is 0.710. The van der Waals surface area contributed by atoms with Gasteiger partial charge in [0.25, 0.3) is 0 Å². The number of methoxy groups -OCH3 is 1. The van der Waals surface area contributed by atoms with Crippen LogP contribution in [0.25, 0.3) is 0 Å². The first kappa shape index (κ1) is 26.2. The molecule has 3 rings (SSSR count). The highest BCUT2D eigenvalue weighted by atomic mass is 79.9. The number of anilines is 1. The fourth-order valence-corrected chi connectivity index (χ4v) is 6.04. The van der Waals surface area contributed by atoms with Crippen molar-refractivity contribution in [1.82, 2.24) is 4.31 Å². The fraction of sp³-hybridized carbons (Fsp3) is 0.240. The monoisotopic (exact) mass is 564 g/mol. The highest BCUT2D eigenvalue weighted by Crippen LogP contribution is 2.31. The maximum atomic E-state index is 13.7.